The molecule has 0 atom stereocenters. The van der Waals surface area contributed by atoms with Gasteiger partial charge in [-0.15, -0.1) is 0 Å². The van der Waals surface area contributed by atoms with Gasteiger partial charge in [-0.2, -0.15) is 0 Å². The Balaban J connectivity index is 2.14. The van der Waals surface area contributed by atoms with E-state index in [-0.39, 0.29) is 24.7 Å². The van der Waals surface area contributed by atoms with Crippen LogP contribution in [0.3, 0.4) is 0 Å². The quantitative estimate of drug-likeness (QED) is 0.724. The van der Waals surface area contributed by atoms with Crippen molar-refractivity contribution in [2.75, 3.05) is 18.5 Å². The maximum absolute atomic E-state index is 13.9. The lowest BCUT2D eigenvalue weighted by Gasteiger charge is -2.14. The lowest BCUT2D eigenvalue weighted by atomic mass is 10.1. The average Bonchev–Trinajstić information content (AvgIpc) is 3.16. The topological polar surface area (TPSA) is 95.5 Å². The summed E-state index contributed by atoms with van der Waals surface area (Å²) >= 11 is 0. The standard InChI is InChI=1S/C13H17FN2O4S/c1-9(18)16-10-2-3-12(11(14)6-10)21(19,20)15-7-13(8-17)4-5-13/h2-3,6,15,17H,4-5,7-8H2,1H3,(H,16,18). The highest BCUT2D eigenvalue weighted by molar-refractivity contribution is 7.89. The summed E-state index contributed by atoms with van der Waals surface area (Å²) in [6, 6.07) is 3.37. The third-order valence-corrected chi connectivity index (χ3v) is 4.91. The van der Waals surface area contributed by atoms with Crippen molar-refractivity contribution < 1.29 is 22.7 Å². The van der Waals surface area contributed by atoms with Crippen LogP contribution in [0.25, 0.3) is 0 Å². The van der Waals surface area contributed by atoms with E-state index in [1.165, 1.54) is 13.0 Å². The van der Waals surface area contributed by atoms with E-state index in [2.05, 4.69) is 10.0 Å². The van der Waals surface area contributed by atoms with Crippen molar-refractivity contribution in [1.29, 1.82) is 0 Å². The number of anilines is 1. The summed E-state index contributed by atoms with van der Waals surface area (Å²) in [5, 5.41) is 11.5. The zero-order chi connectivity index (χ0) is 15.7. The number of nitrogens with one attached hydrogen (secondary N) is 2. The maximum atomic E-state index is 13.9. The summed E-state index contributed by atoms with van der Waals surface area (Å²) in [4.78, 5) is 10.4. The fraction of sp³-hybridized carbons (Fsp3) is 0.462. The minimum atomic E-state index is -3.99. The molecule has 0 bridgehead atoms. The number of benzene rings is 1. The Morgan fingerprint density at radius 1 is 1.43 bits per heavy atom. The number of rotatable bonds is 6. The van der Waals surface area contributed by atoms with Gasteiger partial charge in [-0.25, -0.2) is 17.5 Å². The molecule has 8 heteroatoms. The normalized spacial score (nSPS) is 16.5. The number of hydrogen-bond acceptors (Lipinski definition) is 4. The molecule has 21 heavy (non-hydrogen) atoms. The molecule has 6 nitrogen and oxygen atoms in total. The molecular formula is C13H17FN2O4S. The monoisotopic (exact) mass is 316 g/mol. The van der Waals surface area contributed by atoms with Gasteiger partial charge in [0.2, 0.25) is 15.9 Å². The average molecular weight is 316 g/mol. The molecule has 1 saturated carbocycles. The first kappa shape index (κ1) is 15.9. The van der Waals surface area contributed by atoms with Gasteiger partial charge in [0.05, 0.1) is 0 Å². The summed E-state index contributed by atoms with van der Waals surface area (Å²) in [6.45, 7) is 1.26. The summed E-state index contributed by atoms with van der Waals surface area (Å²) < 4.78 is 40.3. The van der Waals surface area contributed by atoms with Crippen molar-refractivity contribution in [3.05, 3.63) is 24.0 Å². The van der Waals surface area contributed by atoms with Gasteiger partial charge >= 0.3 is 0 Å². The number of sulfonamides is 1. The highest BCUT2D eigenvalue weighted by Gasteiger charge is 2.42. The van der Waals surface area contributed by atoms with Crippen LogP contribution in [0.2, 0.25) is 0 Å². The molecule has 1 aliphatic rings. The Morgan fingerprint density at radius 3 is 2.57 bits per heavy atom. The van der Waals surface area contributed by atoms with Gasteiger partial charge < -0.3 is 10.4 Å². The molecule has 0 aliphatic heterocycles. The molecule has 2 rings (SSSR count). The molecule has 3 N–H and O–H groups in total. The van der Waals surface area contributed by atoms with E-state index in [9.17, 15) is 17.6 Å². The predicted molar refractivity (Wildman–Crippen MR) is 74.6 cm³/mol. The van der Waals surface area contributed by atoms with E-state index in [0.29, 0.717) is 0 Å². The molecule has 0 radical (unpaired) electrons. The molecule has 0 heterocycles. The number of aliphatic hydroxyl groups is 1. The van der Waals surface area contributed by atoms with Crippen LogP contribution in [-0.4, -0.2) is 32.6 Å². The molecule has 0 saturated heterocycles. The zero-order valence-electron chi connectivity index (χ0n) is 11.5. The minimum Gasteiger partial charge on any atom is -0.396 e. The van der Waals surface area contributed by atoms with Gasteiger partial charge in [0.25, 0.3) is 0 Å². The largest absolute Gasteiger partial charge is 0.396 e. The van der Waals surface area contributed by atoms with E-state index in [1.54, 1.807) is 0 Å². The van der Waals surface area contributed by atoms with Crippen molar-refractivity contribution in [2.24, 2.45) is 5.41 Å². The Morgan fingerprint density at radius 2 is 2.10 bits per heavy atom. The summed E-state index contributed by atoms with van der Waals surface area (Å²) in [5.41, 5.74) is -0.215. The number of carbonyl (C=O) groups is 1. The predicted octanol–water partition coefficient (Wildman–Crippen LogP) is 0.835. The first-order valence-electron chi connectivity index (χ1n) is 6.46. The minimum absolute atomic E-state index is 0.0821. The molecule has 1 amide bonds. The number of amides is 1. The van der Waals surface area contributed by atoms with Crippen molar-refractivity contribution >= 4 is 21.6 Å². The zero-order valence-corrected chi connectivity index (χ0v) is 12.3. The molecule has 116 valence electrons. The van der Waals surface area contributed by atoms with Crippen molar-refractivity contribution in [3.8, 4) is 0 Å². The van der Waals surface area contributed by atoms with Crippen LogP contribution in [0.1, 0.15) is 19.8 Å². The van der Waals surface area contributed by atoms with Crippen molar-refractivity contribution in [3.63, 3.8) is 0 Å². The lowest BCUT2D eigenvalue weighted by molar-refractivity contribution is -0.114. The van der Waals surface area contributed by atoms with Gasteiger partial charge in [-0.1, -0.05) is 0 Å². The highest BCUT2D eigenvalue weighted by Crippen LogP contribution is 2.44. The molecule has 0 spiro atoms. The first-order chi connectivity index (χ1) is 9.78. The molecule has 0 unspecified atom stereocenters. The van der Waals surface area contributed by atoms with Crippen LogP contribution in [0.4, 0.5) is 10.1 Å². The molecule has 1 aromatic rings. The fourth-order valence-corrected chi connectivity index (χ4v) is 3.11. The number of aliphatic hydroxyl groups excluding tert-OH is 1. The van der Waals surface area contributed by atoms with E-state index < -0.39 is 26.2 Å². The fourth-order valence-electron chi connectivity index (χ4n) is 1.89. The Bertz CT molecular complexity index is 656. The second-order valence-corrected chi connectivity index (χ2v) is 7.04. The molecule has 0 aromatic heterocycles. The lowest BCUT2D eigenvalue weighted by Crippen LogP contribution is -2.32. The smallest absolute Gasteiger partial charge is 0.243 e. The first-order valence-corrected chi connectivity index (χ1v) is 7.94. The number of halogens is 1. The Hall–Kier alpha value is -1.51. The Kier molecular flexibility index (Phi) is 4.31. The summed E-state index contributed by atoms with van der Waals surface area (Å²) in [5.74, 6) is -1.32. The van der Waals surface area contributed by atoms with Gasteiger partial charge in [-0.3, -0.25) is 4.79 Å². The second kappa shape index (κ2) is 5.70. The van der Waals surface area contributed by atoms with Gasteiger partial charge in [0, 0.05) is 31.2 Å². The van der Waals surface area contributed by atoms with Gasteiger partial charge in [-0.05, 0) is 31.0 Å². The molecule has 1 fully saturated rings. The molecule has 1 aliphatic carbocycles. The maximum Gasteiger partial charge on any atom is 0.243 e. The van der Waals surface area contributed by atoms with Crippen LogP contribution >= 0.6 is 0 Å². The van der Waals surface area contributed by atoms with Gasteiger partial charge in [0.15, 0.2) is 0 Å². The SMILES string of the molecule is CC(=O)Nc1ccc(S(=O)(=O)NCC2(CO)CC2)c(F)c1. The van der Waals surface area contributed by atoms with E-state index in [4.69, 9.17) is 5.11 Å². The molecular weight excluding hydrogens is 299 g/mol. The third-order valence-electron chi connectivity index (χ3n) is 3.47. The van der Waals surface area contributed by atoms with E-state index >= 15 is 0 Å². The number of carbonyl (C=O) groups excluding carboxylic acids is 1. The third kappa shape index (κ3) is 3.78. The Labute approximate surface area is 122 Å². The van der Waals surface area contributed by atoms with Crippen LogP contribution in [0, 0.1) is 11.2 Å². The van der Waals surface area contributed by atoms with Crippen molar-refractivity contribution in [2.45, 2.75) is 24.7 Å². The van der Waals surface area contributed by atoms with Gasteiger partial charge in [0.1, 0.15) is 10.7 Å². The van der Waals surface area contributed by atoms with E-state index in [1.807, 2.05) is 0 Å². The van der Waals surface area contributed by atoms with Crippen LogP contribution in [0.15, 0.2) is 23.1 Å². The van der Waals surface area contributed by atoms with Crippen LogP contribution < -0.4 is 10.0 Å². The summed E-state index contributed by atoms with van der Waals surface area (Å²) in [7, 11) is -3.99. The second-order valence-electron chi connectivity index (χ2n) is 5.31. The number of hydrogen-bond donors (Lipinski definition) is 3. The summed E-state index contributed by atoms with van der Waals surface area (Å²) in [6.07, 6.45) is 1.49. The van der Waals surface area contributed by atoms with Crippen LogP contribution in [-0.2, 0) is 14.8 Å². The molecule has 1 aromatic carbocycles. The van der Waals surface area contributed by atoms with E-state index in [0.717, 1.165) is 25.0 Å². The highest BCUT2D eigenvalue weighted by atomic mass is 32.2. The van der Waals surface area contributed by atoms with Crippen LogP contribution in [0.5, 0.6) is 0 Å². The van der Waals surface area contributed by atoms with Crippen molar-refractivity contribution in [1.82, 2.24) is 4.72 Å².